The van der Waals surface area contributed by atoms with E-state index in [-0.39, 0.29) is 11.5 Å². The number of benzene rings is 4. The third-order valence-electron chi connectivity index (χ3n) is 11.1. The summed E-state index contributed by atoms with van der Waals surface area (Å²) in [4.78, 5) is 0. The molecule has 14 heteroatoms. The first-order valence-electron chi connectivity index (χ1n) is 20.5. The van der Waals surface area contributed by atoms with Crippen molar-refractivity contribution in [3.8, 4) is 34.5 Å². The molecule has 1 saturated heterocycles. The molecule has 4 aromatic rings. The van der Waals surface area contributed by atoms with Crippen molar-refractivity contribution in [3.63, 3.8) is 0 Å². The lowest BCUT2D eigenvalue weighted by molar-refractivity contribution is 0.220. The van der Waals surface area contributed by atoms with Gasteiger partial charge in [0.15, 0.2) is 23.0 Å². The molecule has 0 saturated carbocycles. The van der Waals surface area contributed by atoms with Gasteiger partial charge in [0.2, 0.25) is 0 Å². The summed E-state index contributed by atoms with van der Waals surface area (Å²) in [6.45, 7) is 12.6. The molecule has 4 unspecified atom stereocenters. The molecule has 5 rings (SSSR count). The number of phenols is 4. The van der Waals surface area contributed by atoms with Crippen LogP contribution in [0.15, 0.2) is 72.8 Å². The summed E-state index contributed by atoms with van der Waals surface area (Å²) in [7, 11) is -8.54. The second-order valence-electron chi connectivity index (χ2n) is 16.6. The van der Waals surface area contributed by atoms with E-state index in [2.05, 4.69) is 38.3 Å². The fourth-order valence-electron chi connectivity index (χ4n) is 8.27. The van der Waals surface area contributed by atoms with Gasteiger partial charge in [0.1, 0.15) is 11.5 Å². The zero-order chi connectivity index (χ0) is 42.1. The maximum absolute atomic E-state index is 10.2. The highest BCUT2D eigenvalue weighted by Crippen LogP contribution is 2.40. The minimum atomic E-state index is -2.93. The highest BCUT2D eigenvalue weighted by atomic mass is 28.5. The first kappa shape index (κ1) is 45.5. The van der Waals surface area contributed by atoms with Crippen molar-refractivity contribution in [2.24, 2.45) is 0 Å². The van der Waals surface area contributed by atoms with Crippen LogP contribution in [0.3, 0.4) is 0 Å². The minimum absolute atomic E-state index is 0.121. The first-order valence-corrected chi connectivity index (χ1v) is 30.6. The van der Waals surface area contributed by atoms with Gasteiger partial charge in [0.25, 0.3) is 0 Å². The van der Waals surface area contributed by atoms with Gasteiger partial charge in [-0.3, -0.25) is 0 Å². The number of methoxy groups -OCH3 is 2. The van der Waals surface area contributed by atoms with Crippen LogP contribution in [0.2, 0.25) is 50.4 Å². The Bertz CT molecular complexity index is 1860. The van der Waals surface area contributed by atoms with Gasteiger partial charge in [-0.15, -0.1) is 0 Å². The van der Waals surface area contributed by atoms with Crippen LogP contribution >= 0.6 is 0 Å². The number of aromatic hydroxyl groups is 4. The zero-order valence-corrected chi connectivity index (χ0v) is 39.7. The van der Waals surface area contributed by atoms with E-state index >= 15 is 0 Å². The van der Waals surface area contributed by atoms with E-state index in [1.807, 2.05) is 50.2 Å². The molecule has 0 amide bonds. The maximum atomic E-state index is 10.2. The predicted molar refractivity (Wildman–Crippen MR) is 238 cm³/mol. The Morgan fingerprint density at radius 1 is 0.414 bits per heavy atom. The normalized spacial score (nSPS) is 23.6. The molecule has 1 fully saturated rings. The molecule has 1 heterocycles. The van der Waals surface area contributed by atoms with Crippen molar-refractivity contribution in [2.75, 3.05) is 14.2 Å². The van der Waals surface area contributed by atoms with Crippen LogP contribution in [0.4, 0.5) is 0 Å². The van der Waals surface area contributed by atoms with E-state index in [9.17, 15) is 20.4 Å². The fraction of sp³-hybridized carbons (Fsp3) is 0.455. The summed E-state index contributed by atoms with van der Waals surface area (Å²) in [5.74, 6) is 1.77. The summed E-state index contributed by atoms with van der Waals surface area (Å²) in [5.41, 5.74) is 6.22. The van der Waals surface area contributed by atoms with E-state index in [1.54, 1.807) is 38.5 Å². The molecule has 0 radical (unpaired) electrons. The van der Waals surface area contributed by atoms with Crippen LogP contribution in [0.5, 0.6) is 34.5 Å². The lowest BCUT2D eigenvalue weighted by Crippen LogP contribution is -2.67. The number of hydrogen-bond acceptors (Lipinski definition) is 10. The lowest BCUT2D eigenvalue weighted by atomic mass is 10.1. The van der Waals surface area contributed by atoms with Gasteiger partial charge < -0.3 is 46.4 Å². The molecule has 0 aromatic heterocycles. The SMILES string of the molecule is COc1cc(CCC[Si]2(C)O[Si](C)(CCCc3ccc(O)c(C)c3)O[Si](C)(CCCc3ccc(O)c(C)c3)O[Si](C)(CCCc3ccc(O)c(OC)c3)O2)ccc1O. The van der Waals surface area contributed by atoms with Crippen LogP contribution in [-0.4, -0.2) is 68.9 Å². The van der Waals surface area contributed by atoms with Crippen molar-refractivity contribution < 1.29 is 46.4 Å². The molecular weight excluding hydrogens is 801 g/mol. The van der Waals surface area contributed by atoms with Crippen LogP contribution in [-0.2, 0) is 42.1 Å². The number of rotatable bonds is 18. The Morgan fingerprint density at radius 3 is 0.931 bits per heavy atom. The van der Waals surface area contributed by atoms with Gasteiger partial charge in [-0.2, -0.15) is 0 Å². The Labute approximate surface area is 349 Å². The van der Waals surface area contributed by atoms with Crippen molar-refractivity contribution in [1.82, 2.24) is 0 Å². The Balaban J connectivity index is 1.42. The van der Waals surface area contributed by atoms with Crippen LogP contribution in [0.25, 0.3) is 0 Å². The summed E-state index contributed by atoms with van der Waals surface area (Å²) >= 11 is 0. The van der Waals surface area contributed by atoms with E-state index in [0.29, 0.717) is 23.0 Å². The van der Waals surface area contributed by atoms with Crippen molar-refractivity contribution in [2.45, 2.75) is 116 Å². The maximum Gasteiger partial charge on any atom is 0.317 e. The minimum Gasteiger partial charge on any atom is -0.508 e. The average molecular weight is 865 g/mol. The van der Waals surface area contributed by atoms with E-state index in [1.165, 1.54) is 11.1 Å². The second-order valence-corrected chi connectivity index (χ2v) is 30.9. The first-order chi connectivity index (χ1) is 27.4. The molecule has 58 heavy (non-hydrogen) atoms. The predicted octanol–water partition coefficient (Wildman–Crippen LogP) is 10.3. The quantitative estimate of drug-likeness (QED) is 0.0716. The fourth-order valence-corrected chi connectivity index (χ4v) is 31.6. The average Bonchev–Trinajstić information content (AvgIpc) is 3.15. The largest absolute Gasteiger partial charge is 0.508 e. The van der Waals surface area contributed by atoms with Gasteiger partial charge in [-0.1, -0.05) is 36.4 Å². The second kappa shape index (κ2) is 19.6. The summed E-state index contributed by atoms with van der Waals surface area (Å²) in [6.07, 6.45) is 6.61. The molecular formula is C44H64O10Si4. The number of phenolic OH excluding ortho intramolecular Hbond substituents is 4. The van der Waals surface area contributed by atoms with Gasteiger partial charge in [0.05, 0.1) is 14.2 Å². The molecule has 0 aliphatic carbocycles. The summed E-state index contributed by atoms with van der Waals surface area (Å²) in [6, 6.07) is 25.7. The summed E-state index contributed by atoms with van der Waals surface area (Å²) in [5, 5.41) is 40.7. The van der Waals surface area contributed by atoms with Crippen molar-refractivity contribution >= 4 is 34.2 Å². The van der Waals surface area contributed by atoms with Crippen molar-refractivity contribution in [1.29, 1.82) is 0 Å². The molecule has 4 N–H and O–H groups in total. The van der Waals surface area contributed by atoms with Gasteiger partial charge in [-0.25, -0.2) is 0 Å². The third kappa shape index (κ3) is 12.7. The Kier molecular flexibility index (Phi) is 15.4. The molecule has 10 nitrogen and oxygen atoms in total. The smallest absolute Gasteiger partial charge is 0.317 e. The van der Waals surface area contributed by atoms with Gasteiger partial charge in [0, 0.05) is 0 Å². The van der Waals surface area contributed by atoms with Gasteiger partial charge >= 0.3 is 34.2 Å². The number of hydrogen-bond donors (Lipinski definition) is 4. The topological polar surface area (TPSA) is 136 Å². The molecule has 1 aliphatic heterocycles. The lowest BCUT2D eigenvalue weighted by Gasteiger charge is -2.50. The molecule has 4 aromatic carbocycles. The monoisotopic (exact) mass is 864 g/mol. The molecule has 0 spiro atoms. The third-order valence-corrected chi connectivity index (χ3v) is 30.0. The standard InChI is InChI=1S/C44H64O10Si4/c1-33-29-35(17-21-39(33)45)13-9-25-55(5)51-56(6,26-10-14-36-18-22-40(46)34(2)30-36)53-58(8,28-12-16-38-20-24-42(48)44(32-38)50-4)54-57(7,52-55)27-11-15-37-19-23-41(47)43(31-37)49-3/h17-24,29-32,45-48H,9-16,25-28H2,1-8H3. The zero-order valence-electron chi connectivity index (χ0n) is 35.7. The van der Waals surface area contributed by atoms with Crippen LogP contribution in [0, 0.1) is 13.8 Å². The molecule has 316 valence electrons. The number of aryl methyl sites for hydroxylation is 6. The van der Waals surface area contributed by atoms with E-state index < -0.39 is 34.2 Å². The van der Waals surface area contributed by atoms with Crippen molar-refractivity contribution in [3.05, 3.63) is 106 Å². The Morgan fingerprint density at radius 2 is 0.672 bits per heavy atom. The van der Waals surface area contributed by atoms with E-state index in [0.717, 1.165) is 97.8 Å². The van der Waals surface area contributed by atoms with Gasteiger partial charge in [-0.05, 0) is 185 Å². The van der Waals surface area contributed by atoms with Crippen LogP contribution < -0.4 is 9.47 Å². The molecule has 1 aliphatic rings. The highest BCUT2D eigenvalue weighted by molar-refractivity contribution is 6.93. The van der Waals surface area contributed by atoms with Crippen LogP contribution in [0.1, 0.15) is 59.1 Å². The Hall–Kier alpha value is -3.61. The molecule has 4 atom stereocenters. The number of ether oxygens (including phenoxy) is 2. The molecule has 0 bridgehead atoms. The van der Waals surface area contributed by atoms with E-state index in [4.69, 9.17) is 25.9 Å². The highest BCUT2D eigenvalue weighted by Gasteiger charge is 2.56. The summed E-state index contributed by atoms with van der Waals surface area (Å²) < 4.78 is 40.7.